The zero-order valence-corrected chi connectivity index (χ0v) is 12.9. The van der Waals surface area contributed by atoms with Crippen molar-refractivity contribution < 1.29 is 4.79 Å². The summed E-state index contributed by atoms with van der Waals surface area (Å²) in [7, 11) is 0. The van der Waals surface area contributed by atoms with E-state index in [1.54, 1.807) is 18.3 Å². The Balaban J connectivity index is 1.62. The van der Waals surface area contributed by atoms with Crippen LogP contribution in [0.5, 0.6) is 0 Å². The molecule has 0 atom stereocenters. The second-order valence-electron chi connectivity index (χ2n) is 4.73. The van der Waals surface area contributed by atoms with Crippen molar-refractivity contribution in [3.63, 3.8) is 0 Å². The van der Waals surface area contributed by atoms with E-state index in [2.05, 4.69) is 37.3 Å². The number of pyridine rings is 1. The number of carbonyl (C=O) groups excluding carboxylic acids is 1. The summed E-state index contributed by atoms with van der Waals surface area (Å²) in [5, 5.41) is 4.13. The van der Waals surface area contributed by atoms with E-state index in [9.17, 15) is 4.79 Å². The van der Waals surface area contributed by atoms with Gasteiger partial charge in [-0.1, -0.05) is 18.2 Å². The van der Waals surface area contributed by atoms with Gasteiger partial charge in [-0.25, -0.2) is 4.98 Å². The number of hydrogen-bond donors (Lipinski definition) is 2. The maximum atomic E-state index is 12.0. The summed E-state index contributed by atoms with van der Waals surface area (Å²) in [5.41, 5.74) is 2.94. The highest BCUT2D eigenvalue weighted by atomic mass is 79.9. The number of benzene rings is 1. The number of fused-ring (bicyclic) bond motifs is 1. The summed E-state index contributed by atoms with van der Waals surface area (Å²) in [6, 6.07) is 11.6. The van der Waals surface area contributed by atoms with E-state index >= 15 is 0 Å². The van der Waals surface area contributed by atoms with Gasteiger partial charge in [0.1, 0.15) is 4.60 Å². The minimum Gasteiger partial charge on any atom is -0.361 e. The van der Waals surface area contributed by atoms with Crippen LogP contribution < -0.4 is 5.32 Å². The first-order valence-electron chi connectivity index (χ1n) is 6.69. The Kier molecular flexibility index (Phi) is 4.01. The monoisotopic (exact) mass is 343 g/mol. The number of H-pyrrole nitrogens is 1. The quantitative estimate of drug-likeness (QED) is 0.714. The molecule has 1 aromatic carbocycles. The number of amides is 1. The van der Waals surface area contributed by atoms with Crippen LogP contribution in [0.3, 0.4) is 0 Å². The van der Waals surface area contributed by atoms with Gasteiger partial charge in [0.15, 0.2) is 0 Å². The molecule has 0 bridgehead atoms. The van der Waals surface area contributed by atoms with Gasteiger partial charge in [0.05, 0.1) is 0 Å². The Hall–Kier alpha value is -2.14. The third-order valence-electron chi connectivity index (χ3n) is 3.34. The number of aromatic nitrogens is 2. The highest BCUT2D eigenvalue weighted by Crippen LogP contribution is 2.17. The third-order valence-corrected chi connectivity index (χ3v) is 3.78. The average Bonchev–Trinajstić information content (AvgIpc) is 2.91. The van der Waals surface area contributed by atoms with Gasteiger partial charge >= 0.3 is 0 Å². The van der Waals surface area contributed by atoms with Crippen molar-refractivity contribution in [1.29, 1.82) is 0 Å². The molecule has 2 heterocycles. The molecule has 0 aliphatic carbocycles. The van der Waals surface area contributed by atoms with E-state index in [0.717, 1.165) is 11.9 Å². The number of aromatic amines is 1. The van der Waals surface area contributed by atoms with Crippen molar-refractivity contribution in [2.75, 3.05) is 6.54 Å². The van der Waals surface area contributed by atoms with E-state index in [1.807, 2.05) is 24.4 Å². The van der Waals surface area contributed by atoms with Crippen LogP contribution in [-0.4, -0.2) is 22.4 Å². The molecule has 2 N–H and O–H groups in total. The van der Waals surface area contributed by atoms with E-state index in [4.69, 9.17) is 0 Å². The van der Waals surface area contributed by atoms with Crippen LogP contribution in [0.4, 0.5) is 0 Å². The fourth-order valence-electron chi connectivity index (χ4n) is 2.29. The topological polar surface area (TPSA) is 57.8 Å². The Morgan fingerprint density at radius 3 is 3.00 bits per heavy atom. The summed E-state index contributed by atoms with van der Waals surface area (Å²) < 4.78 is 0.659. The van der Waals surface area contributed by atoms with Crippen LogP contribution in [0.1, 0.15) is 15.9 Å². The smallest absolute Gasteiger partial charge is 0.251 e. The first kappa shape index (κ1) is 13.8. The van der Waals surface area contributed by atoms with Crippen molar-refractivity contribution in [2.24, 2.45) is 0 Å². The van der Waals surface area contributed by atoms with Crippen LogP contribution in [0.15, 0.2) is 53.4 Å². The van der Waals surface area contributed by atoms with Crippen molar-refractivity contribution in [1.82, 2.24) is 15.3 Å². The van der Waals surface area contributed by atoms with Crippen molar-refractivity contribution in [2.45, 2.75) is 6.42 Å². The number of para-hydroxylation sites is 1. The maximum Gasteiger partial charge on any atom is 0.251 e. The van der Waals surface area contributed by atoms with E-state index in [1.165, 1.54) is 10.9 Å². The predicted octanol–water partition coefficient (Wildman–Crippen LogP) is 3.30. The number of hydrogen-bond acceptors (Lipinski definition) is 2. The average molecular weight is 344 g/mol. The molecule has 0 unspecified atom stereocenters. The molecule has 5 heteroatoms. The van der Waals surface area contributed by atoms with Gasteiger partial charge in [-0.2, -0.15) is 0 Å². The van der Waals surface area contributed by atoms with Crippen LogP contribution in [0.25, 0.3) is 10.9 Å². The summed E-state index contributed by atoms with van der Waals surface area (Å²) in [4.78, 5) is 19.3. The van der Waals surface area contributed by atoms with E-state index in [0.29, 0.717) is 16.7 Å². The van der Waals surface area contributed by atoms with Crippen LogP contribution >= 0.6 is 15.9 Å². The van der Waals surface area contributed by atoms with E-state index in [-0.39, 0.29) is 5.91 Å². The largest absolute Gasteiger partial charge is 0.361 e. The van der Waals surface area contributed by atoms with Gasteiger partial charge in [0.25, 0.3) is 5.91 Å². The zero-order valence-electron chi connectivity index (χ0n) is 11.3. The lowest BCUT2D eigenvalue weighted by atomic mass is 10.1. The first-order valence-corrected chi connectivity index (χ1v) is 7.48. The molecule has 0 aliphatic rings. The number of rotatable bonds is 4. The van der Waals surface area contributed by atoms with Gasteiger partial charge in [-0.15, -0.1) is 0 Å². The molecular formula is C16H14BrN3O. The molecule has 0 saturated carbocycles. The molecule has 1 amide bonds. The fourth-order valence-corrected chi connectivity index (χ4v) is 2.66. The SMILES string of the molecule is O=C(NCCc1c[nH]c2ccccc12)c1ccnc(Br)c1. The molecule has 0 spiro atoms. The van der Waals surface area contributed by atoms with Crippen LogP contribution in [-0.2, 0) is 6.42 Å². The molecule has 0 radical (unpaired) electrons. The second-order valence-corrected chi connectivity index (χ2v) is 5.55. The Bertz CT molecular complexity index is 782. The van der Waals surface area contributed by atoms with E-state index < -0.39 is 0 Å². The fraction of sp³-hybridized carbons (Fsp3) is 0.125. The van der Waals surface area contributed by atoms with Crippen molar-refractivity contribution in [3.8, 4) is 0 Å². The summed E-state index contributed by atoms with van der Waals surface area (Å²) in [5.74, 6) is -0.0852. The Morgan fingerprint density at radius 2 is 2.14 bits per heavy atom. The minimum atomic E-state index is -0.0852. The van der Waals surface area contributed by atoms with Gasteiger partial charge < -0.3 is 10.3 Å². The third kappa shape index (κ3) is 3.13. The number of nitrogens with one attached hydrogen (secondary N) is 2. The van der Waals surface area contributed by atoms with Crippen molar-refractivity contribution in [3.05, 3.63) is 64.5 Å². The molecule has 3 rings (SSSR count). The summed E-state index contributed by atoms with van der Waals surface area (Å²) in [6.45, 7) is 0.598. The van der Waals surface area contributed by atoms with Crippen LogP contribution in [0, 0.1) is 0 Å². The number of carbonyl (C=O) groups is 1. The Morgan fingerprint density at radius 1 is 1.29 bits per heavy atom. The molecule has 2 aromatic heterocycles. The molecular weight excluding hydrogens is 330 g/mol. The number of nitrogens with zero attached hydrogens (tertiary/aromatic N) is 1. The maximum absolute atomic E-state index is 12.0. The lowest BCUT2D eigenvalue weighted by Gasteiger charge is -2.05. The lowest BCUT2D eigenvalue weighted by molar-refractivity contribution is 0.0954. The molecule has 3 aromatic rings. The summed E-state index contributed by atoms with van der Waals surface area (Å²) in [6.07, 6.45) is 4.40. The predicted molar refractivity (Wildman–Crippen MR) is 86.3 cm³/mol. The van der Waals surface area contributed by atoms with Gasteiger partial charge in [-0.3, -0.25) is 4.79 Å². The number of halogens is 1. The zero-order chi connectivity index (χ0) is 14.7. The summed E-state index contributed by atoms with van der Waals surface area (Å²) >= 11 is 3.26. The lowest BCUT2D eigenvalue weighted by Crippen LogP contribution is -2.25. The van der Waals surface area contributed by atoms with Crippen molar-refractivity contribution >= 4 is 32.7 Å². The molecule has 0 fully saturated rings. The molecule has 106 valence electrons. The highest BCUT2D eigenvalue weighted by Gasteiger charge is 2.07. The highest BCUT2D eigenvalue weighted by molar-refractivity contribution is 9.10. The first-order chi connectivity index (χ1) is 10.2. The molecule has 0 saturated heterocycles. The van der Waals surface area contributed by atoms with Gasteiger partial charge in [0, 0.05) is 35.4 Å². The van der Waals surface area contributed by atoms with Gasteiger partial charge in [0.2, 0.25) is 0 Å². The van der Waals surface area contributed by atoms with Gasteiger partial charge in [-0.05, 0) is 46.1 Å². The minimum absolute atomic E-state index is 0.0852. The molecule has 4 nitrogen and oxygen atoms in total. The normalized spacial score (nSPS) is 10.7. The standard InChI is InChI=1S/C16H14BrN3O/c17-15-9-11(5-7-18-15)16(21)19-8-6-12-10-20-14-4-2-1-3-13(12)14/h1-5,7,9-10,20H,6,8H2,(H,19,21). The van der Waals surface area contributed by atoms with Crippen LogP contribution in [0.2, 0.25) is 0 Å². The molecule has 0 aliphatic heterocycles. The Labute approximate surface area is 130 Å². The second kappa shape index (κ2) is 6.10. The molecule has 21 heavy (non-hydrogen) atoms.